The van der Waals surface area contributed by atoms with E-state index in [0.29, 0.717) is 16.7 Å². The minimum absolute atomic E-state index is 0.423. The maximum absolute atomic E-state index is 11.2. The van der Waals surface area contributed by atoms with Crippen molar-refractivity contribution in [3.8, 4) is 0 Å². The van der Waals surface area contributed by atoms with Crippen molar-refractivity contribution in [1.29, 1.82) is 0 Å². The van der Waals surface area contributed by atoms with Crippen molar-refractivity contribution in [2.24, 2.45) is 11.1 Å². The van der Waals surface area contributed by atoms with Crippen LogP contribution in [-0.4, -0.2) is 19.0 Å². The Labute approximate surface area is 126 Å². The molecule has 1 spiro atoms. The van der Waals surface area contributed by atoms with Gasteiger partial charge in [-0.1, -0.05) is 19.3 Å². The average molecular weight is 287 g/mol. The van der Waals surface area contributed by atoms with Crippen LogP contribution >= 0.6 is 0 Å². The molecule has 4 heteroatoms. The molecule has 1 aromatic rings. The summed E-state index contributed by atoms with van der Waals surface area (Å²) >= 11 is 0. The van der Waals surface area contributed by atoms with E-state index >= 15 is 0 Å². The number of hydrogen-bond donors (Lipinski definition) is 2. The Kier molecular flexibility index (Phi) is 3.79. The fourth-order valence-electron chi connectivity index (χ4n) is 4.02. The summed E-state index contributed by atoms with van der Waals surface area (Å²) in [6, 6.07) is 5.41. The topological polar surface area (TPSA) is 72.4 Å². The standard InChI is InChI=1S/C17H25N3O/c18-14-12-13(16(19)21)4-5-15(14)20-10-8-17(9-11-20)6-2-1-3-7-17/h4-5,12H,1-3,6-11,18H2,(H2,19,21). The molecule has 0 bridgehead atoms. The first-order valence-corrected chi connectivity index (χ1v) is 8.04. The molecule has 2 fully saturated rings. The van der Waals surface area contributed by atoms with Crippen LogP contribution in [-0.2, 0) is 0 Å². The molecule has 1 saturated carbocycles. The first-order valence-electron chi connectivity index (χ1n) is 8.04. The first-order chi connectivity index (χ1) is 10.1. The Morgan fingerprint density at radius 1 is 1.05 bits per heavy atom. The lowest BCUT2D eigenvalue weighted by molar-refractivity contribution is 0.100. The Morgan fingerprint density at radius 3 is 2.29 bits per heavy atom. The predicted molar refractivity (Wildman–Crippen MR) is 86.3 cm³/mol. The van der Waals surface area contributed by atoms with Crippen molar-refractivity contribution in [2.75, 3.05) is 23.7 Å². The van der Waals surface area contributed by atoms with Crippen LogP contribution < -0.4 is 16.4 Å². The summed E-state index contributed by atoms with van der Waals surface area (Å²) in [6.45, 7) is 2.14. The van der Waals surface area contributed by atoms with E-state index in [1.54, 1.807) is 12.1 Å². The van der Waals surface area contributed by atoms with Gasteiger partial charge >= 0.3 is 0 Å². The van der Waals surface area contributed by atoms with Crippen molar-refractivity contribution in [2.45, 2.75) is 44.9 Å². The molecule has 0 atom stereocenters. The molecule has 0 aromatic heterocycles. The number of benzene rings is 1. The smallest absolute Gasteiger partial charge is 0.248 e. The van der Waals surface area contributed by atoms with Crippen LogP contribution in [0, 0.1) is 5.41 Å². The zero-order valence-electron chi connectivity index (χ0n) is 12.6. The van der Waals surface area contributed by atoms with Crippen LogP contribution in [0.4, 0.5) is 11.4 Å². The summed E-state index contributed by atoms with van der Waals surface area (Å²) in [7, 11) is 0. The molecule has 4 N–H and O–H groups in total. The van der Waals surface area contributed by atoms with E-state index in [9.17, 15) is 4.79 Å². The number of primary amides is 1. The lowest BCUT2D eigenvalue weighted by atomic mass is 9.68. The highest BCUT2D eigenvalue weighted by Gasteiger charge is 2.35. The lowest BCUT2D eigenvalue weighted by Crippen LogP contribution is -2.41. The van der Waals surface area contributed by atoms with Crippen LogP contribution in [0.25, 0.3) is 0 Å². The summed E-state index contributed by atoms with van der Waals surface area (Å²) < 4.78 is 0. The van der Waals surface area contributed by atoms with E-state index in [1.807, 2.05) is 6.07 Å². The number of nitrogens with zero attached hydrogens (tertiary/aromatic N) is 1. The minimum Gasteiger partial charge on any atom is -0.397 e. The summed E-state index contributed by atoms with van der Waals surface area (Å²) in [4.78, 5) is 13.6. The van der Waals surface area contributed by atoms with E-state index < -0.39 is 5.91 Å². The molecule has 1 saturated heterocycles. The van der Waals surface area contributed by atoms with Crippen LogP contribution in [0.15, 0.2) is 18.2 Å². The molecule has 1 amide bonds. The van der Waals surface area contributed by atoms with Crippen molar-refractivity contribution in [3.63, 3.8) is 0 Å². The molecular formula is C17H25N3O. The molecule has 21 heavy (non-hydrogen) atoms. The van der Waals surface area contributed by atoms with Gasteiger partial charge in [-0.2, -0.15) is 0 Å². The number of rotatable bonds is 2. The Balaban J connectivity index is 1.70. The second-order valence-corrected chi connectivity index (χ2v) is 6.69. The van der Waals surface area contributed by atoms with E-state index in [0.717, 1.165) is 18.8 Å². The lowest BCUT2D eigenvalue weighted by Gasteiger charge is -2.45. The first kappa shape index (κ1) is 14.2. The fraction of sp³-hybridized carbons (Fsp3) is 0.588. The molecule has 0 radical (unpaired) electrons. The molecule has 114 valence electrons. The van der Waals surface area contributed by atoms with Crippen LogP contribution in [0.3, 0.4) is 0 Å². The van der Waals surface area contributed by atoms with Gasteiger partial charge < -0.3 is 16.4 Å². The summed E-state index contributed by atoms with van der Waals surface area (Å²) in [5.74, 6) is -0.423. The number of amides is 1. The van der Waals surface area contributed by atoms with Gasteiger partial charge in [-0.05, 0) is 49.3 Å². The number of nitrogens with two attached hydrogens (primary N) is 2. The molecule has 0 unspecified atom stereocenters. The van der Waals surface area contributed by atoms with Gasteiger partial charge in [0.15, 0.2) is 0 Å². The highest BCUT2D eigenvalue weighted by Crippen LogP contribution is 2.45. The number of carbonyl (C=O) groups excluding carboxylic acids is 1. The van der Waals surface area contributed by atoms with Crippen molar-refractivity contribution in [1.82, 2.24) is 0 Å². The van der Waals surface area contributed by atoms with Gasteiger partial charge in [0.1, 0.15) is 0 Å². The average Bonchev–Trinajstić information content (AvgIpc) is 2.49. The number of piperidine rings is 1. The maximum Gasteiger partial charge on any atom is 0.248 e. The van der Waals surface area contributed by atoms with Crippen LogP contribution in [0.2, 0.25) is 0 Å². The zero-order valence-corrected chi connectivity index (χ0v) is 12.6. The third kappa shape index (κ3) is 2.85. The molecule has 1 aliphatic carbocycles. The third-order valence-electron chi connectivity index (χ3n) is 5.39. The number of hydrogen-bond acceptors (Lipinski definition) is 3. The number of nitrogen functional groups attached to an aromatic ring is 1. The van der Waals surface area contributed by atoms with E-state index in [2.05, 4.69) is 4.90 Å². The molecule has 3 rings (SSSR count). The summed E-state index contributed by atoms with van der Waals surface area (Å²) in [5.41, 5.74) is 14.2. The normalized spacial score (nSPS) is 21.4. The number of carbonyl (C=O) groups is 1. The summed E-state index contributed by atoms with van der Waals surface area (Å²) in [5, 5.41) is 0. The van der Waals surface area contributed by atoms with Gasteiger partial charge in [0, 0.05) is 18.7 Å². The Bertz CT molecular complexity index is 525. The van der Waals surface area contributed by atoms with Gasteiger partial charge in [-0.15, -0.1) is 0 Å². The second kappa shape index (κ2) is 5.58. The van der Waals surface area contributed by atoms with Gasteiger partial charge in [0.25, 0.3) is 0 Å². The second-order valence-electron chi connectivity index (χ2n) is 6.69. The molecule has 1 aliphatic heterocycles. The maximum atomic E-state index is 11.2. The van der Waals surface area contributed by atoms with E-state index in [-0.39, 0.29) is 0 Å². The van der Waals surface area contributed by atoms with Crippen LogP contribution in [0.1, 0.15) is 55.3 Å². The SMILES string of the molecule is NC(=O)c1ccc(N2CCC3(CCCCC3)CC2)c(N)c1. The Hall–Kier alpha value is -1.71. The van der Waals surface area contributed by atoms with Crippen molar-refractivity contribution >= 4 is 17.3 Å². The van der Waals surface area contributed by atoms with E-state index in [1.165, 1.54) is 44.9 Å². The van der Waals surface area contributed by atoms with Crippen molar-refractivity contribution in [3.05, 3.63) is 23.8 Å². The molecule has 1 aromatic carbocycles. The highest BCUT2D eigenvalue weighted by molar-refractivity contribution is 5.94. The van der Waals surface area contributed by atoms with Gasteiger partial charge in [0.05, 0.1) is 11.4 Å². The molecule has 4 nitrogen and oxygen atoms in total. The van der Waals surface area contributed by atoms with Gasteiger partial charge in [0.2, 0.25) is 5.91 Å². The minimum atomic E-state index is -0.423. The predicted octanol–water partition coefficient (Wildman–Crippen LogP) is 2.92. The van der Waals surface area contributed by atoms with Crippen molar-refractivity contribution < 1.29 is 4.79 Å². The number of anilines is 2. The van der Waals surface area contributed by atoms with E-state index in [4.69, 9.17) is 11.5 Å². The molecule has 1 heterocycles. The monoisotopic (exact) mass is 287 g/mol. The Morgan fingerprint density at radius 2 is 1.71 bits per heavy atom. The fourth-order valence-corrected chi connectivity index (χ4v) is 4.02. The zero-order chi connectivity index (χ0) is 14.9. The molecular weight excluding hydrogens is 262 g/mol. The van der Waals surface area contributed by atoms with Gasteiger partial charge in [-0.3, -0.25) is 4.79 Å². The third-order valence-corrected chi connectivity index (χ3v) is 5.39. The highest BCUT2D eigenvalue weighted by atomic mass is 16.1. The van der Waals surface area contributed by atoms with Crippen LogP contribution in [0.5, 0.6) is 0 Å². The summed E-state index contributed by atoms with van der Waals surface area (Å²) in [6.07, 6.45) is 9.54. The largest absolute Gasteiger partial charge is 0.397 e. The molecule has 2 aliphatic rings. The quantitative estimate of drug-likeness (QED) is 0.821. The van der Waals surface area contributed by atoms with Gasteiger partial charge in [-0.25, -0.2) is 0 Å².